The van der Waals surface area contributed by atoms with Crippen molar-refractivity contribution < 1.29 is 26.9 Å². The largest absolute Gasteiger partial charge is 0.401 e. The van der Waals surface area contributed by atoms with E-state index in [0.717, 1.165) is 6.07 Å². The Balaban J connectivity index is 1.22. The summed E-state index contributed by atoms with van der Waals surface area (Å²) in [6.45, 7) is 3.71. The van der Waals surface area contributed by atoms with Gasteiger partial charge in [-0.25, -0.2) is 14.4 Å². The van der Waals surface area contributed by atoms with Crippen molar-refractivity contribution in [2.75, 3.05) is 10.6 Å². The van der Waals surface area contributed by atoms with Crippen molar-refractivity contribution in [2.24, 2.45) is 7.05 Å². The van der Waals surface area contributed by atoms with E-state index in [-0.39, 0.29) is 36.4 Å². The van der Waals surface area contributed by atoms with E-state index in [2.05, 4.69) is 37.4 Å². The molecule has 1 fully saturated rings. The number of hydrogen-bond acceptors (Lipinski definition) is 7. The summed E-state index contributed by atoms with van der Waals surface area (Å²) in [6, 6.07) is 5.37. The van der Waals surface area contributed by atoms with Gasteiger partial charge in [-0.2, -0.15) is 18.3 Å². The fourth-order valence-corrected chi connectivity index (χ4v) is 4.00. The number of nitrogens with zero attached hydrogens (tertiary/aromatic N) is 5. The highest BCUT2D eigenvalue weighted by Crippen LogP contribution is 2.59. The number of hydrogen-bond donors (Lipinski definition) is 2. The molecule has 196 valence electrons. The van der Waals surface area contributed by atoms with Crippen LogP contribution < -0.4 is 10.6 Å². The maximum atomic E-state index is 14.8. The second-order valence-electron chi connectivity index (χ2n) is 8.91. The van der Waals surface area contributed by atoms with Crippen molar-refractivity contribution >= 4 is 29.4 Å². The molecule has 3 heterocycles. The maximum Gasteiger partial charge on any atom is 0.401 e. The van der Waals surface area contributed by atoms with Crippen LogP contribution in [-0.2, 0) is 23.7 Å². The predicted molar refractivity (Wildman–Crippen MR) is 130 cm³/mol. The van der Waals surface area contributed by atoms with Crippen LogP contribution in [0.1, 0.15) is 29.9 Å². The van der Waals surface area contributed by atoms with Crippen LogP contribution in [-0.4, -0.2) is 37.0 Å². The quantitative estimate of drug-likeness (QED) is 0.304. The monoisotopic (exact) mass is 527 g/mol. The predicted octanol–water partition coefficient (Wildman–Crippen LogP) is 5.17. The van der Waals surface area contributed by atoms with Gasteiger partial charge >= 0.3 is 6.18 Å². The van der Waals surface area contributed by atoms with Crippen LogP contribution in [0.3, 0.4) is 0 Å². The number of alkyl halides is 3. The number of halogens is 4. The van der Waals surface area contributed by atoms with E-state index in [0.29, 0.717) is 28.5 Å². The molecule has 5 rings (SSSR count). The minimum Gasteiger partial charge on any atom is -0.358 e. The molecule has 0 saturated heterocycles. The van der Waals surface area contributed by atoms with Gasteiger partial charge in [-0.1, -0.05) is 23.9 Å². The van der Waals surface area contributed by atoms with Gasteiger partial charge < -0.3 is 15.2 Å². The summed E-state index contributed by atoms with van der Waals surface area (Å²) >= 11 is 0. The molecule has 2 N–H and O–H groups in total. The van der Waals surface area contributed by atoms with Gasteiger partial charge in [-0.05, 0) is 36.1 Å². The molecule has 0 bridgehead atoms. The van der Waals surface area contributed by atoms with Crippen molar-refractivity contribution in [3.05, 3.63) is 72.3 Å². The number of nitrogens with one attached hydrogen (secondary N) is 2. The second kappa shape index (κ2) is 9.39. The summed E-state index contributed by atoms with van der Waals surface area (Å²) in [6.07, 6.45) is 1.40. The minimum absolute atomic E-state index is 0.0941. The lowest BCUT2D eigenvalue weighted by Crippen LogP contribution is -2.28. The molecule has 13 heteroatoms. The number of carbonyl (C=O) groups is 1. The Kier molecular flexibility index (Phi) is 6.21. The lowest BCUT2D eigenvalue weighted by atomic mass is 10.0. The first-order valence-electron chi connectivity index (χ1n) is 11.5. The molecule has 4 aromatic rings. The number of aromatic nitrogens is 5. The third-order valence-corrected chi connectivity index (χ3v) is 6.23. The standard InChI is InChI=1S/C25H21F4N7O2/c1-3-18-19(13-36(2)34-18)32-23-30-11-16(12-31-23)14-4-5-15(17(26)8-14)9-22(37)33-21-10-20(38-35-21)24(6-7-24)25(27,28)29/h3-5,8,10-13H,1,6-7,9H2,2H3,(H,30,31,32)(H,33,35,37). The van der Waals surface area contributed by atoms with E-state index in [1.807, 2.05) is 0 Å². The van der Waals surface area contributed by atoms with Gasteiger partial charge in [-0.15, -0.1) is 0 Å². The molecule has 1 aliphatic carbocycles. The summed E-state index contributed by atoms with van der Waals surface area (Å²) in [5.41, 5.74) is 0.411. The summed E-state index contributed by atoms with van der Waals surface area (Å²) in [5.74, 6) is -1.48. The average Bonchev–Trinajstić information content (AvgIpc) is 3.45. The fourth-order valence-electron chi connectivity index (χ4n) is 4.00. The fraction of sp³-hybridized carbons (Fsp3) is 0.240. The Morgan fingerprint density at radius 1 is 1.21 bits per heavy atom. The topological polar surface area (TPSA) is 111 Å². The van der Waals surface area contributed by atoms with Crippen LogP contribution >= 0.6 is 0 Å². The molecule has 0 aliphatic heterocycles. The van der Waals surface area contributed by atoms with Gasteiger partial charge in [0.2, 0.25) is 11.9 Å². The molecule has 0 atom stereocenters. The van der Waals surface area contributed by atoms with E-state index in [1.54, 1.807) is 30.1 Å². The first-order chi connectivity index (χ1) is 18.1. The van der Waals surface area contributed by atoms with Gasteiger partial charge in [0.05, 0.1) is 12.1 Å². The first kappa shape index (κ1) is 25.1. The summed E-state index contributed by atoms with van der Waals surface area (Å²) in [5, 5.41) is 13.1. The highest BCUT2D eigenvalue weighted by Gasteiger charge is 2.66. The normalized spacial score (nSPS) is 14.2. The number of amides is 1. The molecule has 9 nitrogen and oxygen atoms in total. The van der Waals surface area contributed by atoms with Crippen LogP contribution in [0.15, 0.2) is 54.0 Å². The Labute approximate surface area is 213 Å². The lowest BCUT2D eigenvalue weighted by molar-refractivity contribution is -0.165. The molecule has 0 unspecified atom stereocenters. The third-order valence-electron chi connectivity index (χ3n) is 6.23. The van der Waals surface area contributed by atoms with E-state index in [9.17, 15) is 22.4 Å². The Bertz CT molecular complexity index is 1500. The van der Waals surface area contributed by atoms with Crippen LogP contribution in [0.2, 0.25) is 0 Å². The average molecular weight is 527 g/mol. The summed E-state index contributed by atoms with van der Waals surface area (Å²) < 4.78 is 61.0. The van der Waals surface area contributed by atoms with Crippen LogP contribution in [0, 0.1) is 5.82 Å². The molecule has 0 spiro atoms. The molecular weight excluding hydrogens is 506 g/mol. The van der Waals surface area contributed by atoms with Crippen molar-refractivity contribution in [3.63, 3.8) is 0 Å². The van der Waals surface area contributed by atoms with Crippen molar-refractivity contribution in [1.82, 2.24) is 24.9 Å². The zero-order valence-corrected chi connectivity index (χ0v) is 20.0. The zero-order valence-electron chi connectivity index (χ0n) is 20.0. The highest BCUT2D eigenvalue weighted by atomic mass is 19.4. The van der Waals surface area contributed by atoms with E-state index < -0.39 is 23.3 Å². The number of rotatable bonds is 8. The number of carbonyl (C=O) groups excluding carboxylic acids is 1. The van der Waals surface area contributed by atoms with Gasteiger partial charge in [0.1, 0.15) is 16.9 Å². The third kappa shape index (κ3) is 4.86. The maximum absolute atomic E-state index is 14.8. The number of benzene rings is 1. The lowest BCUT2D eigenvalue weighted by Gasteiger charge is -2.14. The molecule has 1 saturated carbocycles. The van der Waals surface area contributed by atoms with Crippen molar-refractivity contribution in [1.29, 1.82) is 0 Å². The van der Waals surface area contributed by atoms with E-state index >= 15 is 0 Å². The molecule has 0 radical (unpaired) electrons. The van der Waals surface area contributed by atoms with Crippen LogP contribution in [0.25, 0.3) is 17.2 Å². The van der Waals surface area contributed by atoms with Crippen molar-refractivity contribution in [3.8, 4) is 11.1 Å². The smallest absolute Gasteiger partial charge is 0.358 e. The number of aryl methyl sites for hydroxylation is 1. The number of anilines is 3. The Hall–Kier alpha value is -4.55. The molecule has 38 heavy (non-hydrogen) atoms. The SMILES string of the molecule is C=Cc1nn(C)cc1Nc1ncc(-c2ccc(CC(=O)Nc3cc(C4(C(F)(F)F)CC4)on3)c(F)c2)cn1. The van der Waals surface area contributed by atoms with Gasteiger partial charge in [-0.3, -0.25) is 9.48 Å². The van der Waals surface area contributed by atoms with Crippen molar-refractivity contribution in [2.45, 2.75) is 30.9 Å². The van der Waals surface area contributed by atoms with Gasteiger partial charge in [0.15, 0.2) is 11.6 Å². The highest BCUT2D eigenvalue weighted by molar-refractivity contribution is 5.91. The Morgan fingerprint density at radius 2 is 1.95 bits per heavy atom. The zero-order chi connectivity index (χ0) is 27.1. The molecule has 1 aromatic carbocycles. The minimum atomic E-state index is -4.46. The molecular formula is C25H21F4N7O2. The molecule has 1 aliphatic rings. The van der Waals surface area contributed by atoms with E-state index in [1.165, 1.54) is 24.5 Å². The van der Waals surface area contributed by atoms with Crippen LogP contribution in [0.4, 0.5) is 35.0 Å². The van der Waals surface area contributed by atoms with Gasteiger partial charge in [0.25, 0.3) is 0 Å². The second-order valence-corrected chi connectivity index (χ2v) is 8.91. The molecule has 1 amide bonds. The Morgan fingerprint density at radius 3 is 2.58 bits per heavy atom. The van der Waals surface area contributed by atoms with E-state index in [4.69, 9.17) is 4.52 Å². The first-order valence-corrected chi connectivity index (χ1v) is 11.5. The molecule has 3 aromatic heterocycles. The summed E-state index contributed by atoms with van der Waals surface area (Å²) in [4.78, 5) is 20.9. The summed E-state index contributed by atoms with van der Waals surface area (Å²) in [7, 11) is 1.77. The van der Waals surface area contributed by atoms with Crippen LogP contribution in [0.5, 0.6) is 0 Å². The van der Waals surface area contributed by atoms with Gasteiger partial charge in [0, 0.05) is 37.3 Å².